The van der Waals surface area contributed by atoms with Crippen molar-refractivity contribution in [2.24, 2.45) is 0 Å². The molecule has 0 amide bonds. The normalized spacial score (nSPS) is 23.2. The topological polar surface area (TPSA) is 59.0 Å². The van der Waals surface area contributed by atoms with Gasteiger partial charge in [0.25, 0.3) is 0 Å². The van der Waals surface area contributed by atoms with E-state index in [4.69, 9.17) is 14.0 Å². The molecule has 1 aliphatic rings. The van der Waals surface area contributed by atoms with Crippen LogP contribution in [0, 0.1) is 0 Å². The monoisotopic (exact) mass is 257 g/mol. The number of para-hydroxylation sites is 1. The fourth-order valence-corrected chi connectivity index (χ4v) is 2.17. The van der Waals surface area contributed by atoms with Gasteiger partial charge in [0.2, 0.25) is 11.3 Å². The maximum atomic E-state index is 10.9. The van der Waals surface area contributed by atoms with Crippen molar-refractivity contribution in [1.29, 1.82) is 0 Å². The molecule has 0 spiro atoms. The third-order valence-corrected chi connectivity index (χ3v) is 3.27. The Morgan fingerprint density at radius 1 is 1.47 bits per heavy atom. The highest BCUT2D eigenvalue weighted by atomic mass is 32.2. The highest BCUT2D eigenvalue weighted by Crippen LogP contribution is 2.12. The van der Waals surface area contributed by atoms with E-state index < -0.39 is 11.3 Å². The molecule has 6 heteroatoms. The average Bonchev–Trinajstić information content (AvgIpc) is 2.38. The number of hydrogen-bond donors (Lipinski definition) is 1. The lowest BCUT2D eigenvalue weighted by Gasteiger charge is -2.29. The molecule has 0 aromatic heterocycles. The summed E-state index contributed by atoms with van der Waals surface area (Å²) in [4.78, 5) is 0. The standard InChI is InChI=1S/C11H15NO4S/c13-17(14)12-6-7-15-11(8-12)9-16-10-4-2-1-3-5-10/h1-5,11H,6-9H2,(H,13,14). The second kappa shape index (κ2) is 6.11. The van der Waals surface area contributed by atoms with Crippen LogP contribution in [0.2, 0.25) is 0 Å². The first-order chi connectivity index (χ1) is 8.25. The zero-order chi connectivity index (χ0) is 12.1. The molecule has 17 heavy (non-hydrogen) atoms. The van der Waals surface area contributed by atoms with Gasteiger partial charge < -0.3 is 9.47 Å². The second-order valence-corrected chi connectivity index (χ2v) is 4.71. The lowest BCUT2D eigenvalue weighted by Crippen LogP contribution is -2.45. The molecule has 0 radical (unpaired) electrons. The molecular weight excluding hydrogens is 242 g/mol. The van der Waals surface area contributed by atoms with Gasteiger partial charge in [-0.3, -0.25) is 4.55 Å². The van der Waals surface area contributed by atoms with Crippen molar-refractivity contribution in [3.63, 3.8) is 0 Å². The molecule has 1 fully saturated rings. The van der Waals surface area contributed by atoms with Crippen LogP contribution < -0.4 is 4.74 Å². The van der Waals surface area contributed by atoms with Crippen molar-refractivity contribution in [3.8, 4) is 5.75 Å². The molecule has 94 valence electrons. The van der Waals surface area contributed by atoms with E-state index in [2.05, 4.69) is 0 Å². The van der Waals surface area contributed by atoms with Gasteiger partial charge in [-0.1, -0.05) is 18.2 Å². The van der Waals surface area contributed by atoms with Gasteiger partial charge >= 0.3 is 0 Å². The van der Waals surface area contributed by atoms with Crippen LogP contribution >= 0.6 is 0 Å². The molecule has 2 unspecified atom stereocenters. The minimum Gasteiger partial charge on any atom is -0.491 e. The number of nitrogens with zero attached hydrogens (tertiary/aromatic N) is 1. The molecule has 1 aromatic carbocycles. The first-order valence-corrected chi connectivity index (χ1v) is 6.47. The first kappa shape index (κ1) is 12.5. The molecular formula is C11H15NO4S. The molecule has 0 aliphatic carbocycles. The lowest BCUT2D eigenvalue weighted by molar-refractivity contribution is -0.0252. The molecule has 5 nitrogen and oxygen atoms in total. The molecule has 1 aliphatic heterocycles. The van der Waals surface area contributed by atoms with Gasteiger partial charge in [-0.2, -0.15) is 4.31 Å². The molecule has 1 aromatic rings. The van der Waals surface area contributed by atoms with Crippen LogP contribution in [0.5, 0.6) is 5.75 Å². The molecule has 2 atom stereocenters. The van der Waals surface area contributed by atoms with Crippen molar-refractivity contribution in [2.75, 3.05) is 26.3 Å². The van der Waals surface area contributed by atoms with Crippen LogP contribution in [-0.2, 0) is 16.0 Å². The quantitative estimate of drug-likeness (QED) is 0.814. The van der Waals surface area contributed by atoms with E-state index in [0.717, 1.165) is 5.75 Å². The van der Waals surface area contributed by atoms with Crippen LogP contribution in [0.4, 0.5) is 0 Å². The van der Waals surface area contributed by atoms with Crippen LogP contribution in [0.25, 0.3) is 0 Å². The number of ether oxygens (including phenoxy) is 2. The molecule has 1 saturated heterocycles. The predicted octanol–water partition coefficient (Wildman–Crippen LogP) is 0.903. The summed E-state index contributed by atoms with van der Waals surface area (Å²) in [5, 5.41) is 0. The second-order valence-electron chi connectivity index (χ2n) is 3.74. The first-order valence-electron chi connectivity index (χ1n) is 5.41. The molecule has 0 bridgehead atoms. The maximum Gasteiger partial charge on any atom is 0.234 e. The van der Waals surface area contributed by atoms with Crippen molar-refractivity contribution in [1.82, 2.24) is 4.31 Å². The Labute approximate surface area is 103 Å². The fourth-order valence-electron chi connectivity index (χ4n) is 1.64. The van der Waals surface area contributed by atoms with Crippen LogP contribution in [0.1, 0.15) is 0 Å². The predicted molar refractivity (Wildman–Crippen MR) is 64.0 cm³/mol. The molecule has 1 N–H and O–H groups in total. The van der Waals surface area contributed by atoms with Crippen molar-refractivity contribution in [3.05, 3.63) is 30.3 Å². The summed E-state index contributed by atoms with van der Waals surface area (Å²) in [6.45, 7) is 1.73. The number of benzene rings is 1. The van der Waals surface area contributed by atoms with Crippen molar-refractivity contribution in [2.45, 2.75) is 6.10 Å². The Bertz CT molecular complexity index is 373. The summed E-state index contributed by atoms with van der Waals surface area (Å²) in [5.74, 6) is 0.776. The van der Waals surface area contributed by atoms with E-state index >= 15 is 0 Å². The Hall–Kier alpha value is -0.950. The summed E-state index contributed by atoms with van der Waals surface area (Å²) >= 11 is -1.92. The number of rotatable bonds is 4. The van der Waals surface area contributed by atoms with E-state index in [0.29, 0.717) is 26.3 Å². The highest BCUT2D eigenvalue weighted by molar-refractivity contribution is 7.76. The van der Waals surface area contributed by atoms with E-state index in [1.807, 2.05) is 30.3 Å². The molecule has 0 saturated carbocycles. The lowest BCUT2D eigenvalue weighted by atomic mass is 10.3. The van der Waals surface area contributed by atoms with Crippen molar-refractivity contribution < 1.29 is 18.2 Å². The number of hydrogen-bond acceptors (Lipinski definition) is 3. The summed E-state index contributed by atoms with van der Waals surface area (Å²) < 4.78 is 32.4. The molecule has 2 rings (SSSR count). The third kappa shape index (κ3) is 3.78. The Morgan fingerprint density at radius 3 is 2.94 bits per heavy atom. The minimum absolute atomic E-state index is 0.167. The summed E-state index contributed by atoms with van der Waals surface area (Å²) in [7, 11) is 0. The highest BCUT2D eigenvalue weighted by Gasteiger charge is 2.24. The van der Waals surface area contributed by atoms with Gasteiger partial charge in [0, 0.05) is 13.1 Å². The minimum atomic E-state index is -1.92. The average molecular weight is 257 g/mol. The summed E-state index contributed by atoms with van der Waals surface area (Å²) in [6, 6.07) is 9.44. The summed E-state index contributed by atoms with van der Waals surface area (Å²) in [5.41, 5.74) is 0. The van der Waals surface area contributed by atoms with Gasteiger partial charge in [-0.25, -0.2) is 4.21 Å². The van der Waals surface area contributed by atoms with Gasteiger partial charge in [-0.05, 0) is 12.1 Å². The SMILES string of the molecule is O=S(O)N1CCOC(COc2ccccc2)C1. The largest absolute Gasteiger partial charge is 0.491 e. The fraction of sp³-hybridized carbons (Fsp3) is 0.455. The zero-order valence-corrected chi connectivity index (χ0v) is 10.1. The Kier molecular flexibility index (Phi) is 4.49. The van der Waals surface area contributed by atoms with Gasteiger partial charge in [0.05, 0.1) is 6.61 Å². The van der Waals surface area contributed by atoms with Gasteiger partial charge in [0.1, 0.15) is 18.5 Å². The van der Waals surface area contributed by atoms with E-state index in [-0.39, 0.29) is 6.10 Å². The Balaban J connectivity index is 1.81. The van der Waals surface area contributed by atoms with Crippen LogP contribution in [-0.4, -0.2) is 45.5 Å². The van der Waals surface area contributed by atoms with E-state index in [1.165, 1.54) is 4.31 Å². The van der Waals surface area contributed by atoms with E-state index in [9.17, 15) is 4.21 Å². The van der Waals surface area contributed by atoms with Gasteiger partial charge in [-0.15, -0.1) is 0 Å². The smallest absolute Gasteiger partial charge is 0.234 e. The zero-order valence-electron chi connectivity index (χ0n) is 9.32. The van der Waals surface area contributed by atoms with E-state index in [1.54, 1.807) is 0 Å². The third-order valence-electron chi connectivity index (χ3n) is 2.50. The molecule has 1 heterocycles. The summed E-state index contributed by atoms with van der Waals surface area (Å²) in [6.07, 6.45) is -0.167. The van der Waals surface area contributed by atoms with Crippen LogP contribution in [0.15, 0.2) is 30.3 Å². The maximum absolute atomic E-state index is 10.9. The van der Waals surface area contributed by atoms with Crippen LogP contribution in [0.3, 0.4) is 0 Å². The Morgan fingerprint density at radius 2 is 2.24 bits per heavy atom. The van der Waals surface area contributed by atoms with Gasteiger partial charge in [0.15, 0.2) is 0 Å². The number of morpholine rings is 1. The van der Waals surface area contributed by atoms with Crippen molar-refractivity contribution >= 4 is 11.3 Å².